The topological polar surface area (TPSA) is 111 Å². The molecule has 0 saturated carbocycles. The molecule has 2 bridgehead atoms. The molecule has 0 aromatic rings. The fraction of sp³-hybridized carbons (Fsp3) is 0.889. The summed E-state index contributed by atoms with van der Waals surface area (Å²) in [4.78, 5) is 27.2. The summed E-state index contributed by atoms with van der Waals surface area (Å²) in [5, 5.41) is 22.6. The van der Waals surface area contributed by atoms with Crippen LogP contribution in [0.3, 0.4) is 0 Å². The van der Waals surface area contributed by atoms with Gasteiger partial charge in [-0.25, -0.2) is 4.99 Å². The van der Waals surface area contributed by atoms with Gasteiger partial charge in [-0.1, -0.05) is 0 Å². The molecule has 0 amide bonds. The predicted molar refractivity (Wildman–Crippen MR) is 60.9 cm³/mol. The Morgan fingerprint density at radius 1 is 1.33 bits per heavy atom. The molecule has 2 rings (SSSR count). The number of methoxy groups -OCH3 is 1. The highest BCUT2D eigenvalue weighted by Crippen LogP contribution is 2.37. The second-order valence-electron chi connectivity index (χ2n) is 4.94. The molecule has 0 N–H and O–H groups in total. The number of ether oxygens (including phenoxy) is 1. The number of fused-ring (bicyclic) bond motifs is 2. The van der Waals surface area contributed by atoms with Crippen molar-refractivity contribution in [3.05, 3.63) is 20.2 Å². The van der Waals surface area contributed by atoms with Crippen LogP contribution in [0.1, 0.15) is 6.42 Å². The van der Waals surface area contributed by atoms with E-state index in [1.54, 1.807) is 11.9 Å². The molecule has 0 radical (unpaired) electrons. The van der Waals surface area contributed by atoms with E-state index in [1.807, 2.05) is 0 Å². The summed E-state index contributed by atoms with van der Waals surface area (Å²) in [6.45, 7) is 0.154. The molecule has 0 aliphatic carbocycles. The van der Waals surface area contributed by atoms with Gasteiger partial charge in [0.15, 0.2) is 0 Å². The summed E-state index contributed by atoms with van der Waals surface area (Å²) in [7, 11) is 2.94. The highest BCUT2D eigenvalue weighted by atomic mass is 16.6. The third kappa shape index (κ3) is 1.54. The smallest absolute Gasteiger partial charge is 0.314 e. The first-order valence-electron chi connectivity index (χ1n) is 5.43. The van der Waals surface area contributed by atoms with Crippen molar-refractivity contribution >= 4 is 5.90 Å². The number of aliphatic imine (C=N–C) groups is 1. The third-order valence-electron chi connectivity index (χ3n) is 3.56. The molecular weight excluding hydrogens is 244 g/mol. The lowest BCUT2D eigenvalue weighted by Gasteiger charge is -2.43. The molecule has 18 heavy (non-hydrogen) atoms. The Morgan fingerprint density at radius 3 is 2.50 bits per heavy atom. The quantitative estimate of drug-likeness (QED) is 0.483. The van der Waals surface area contributed by atoms with E-state index < -0.39 is 20.9 Å². The standard InChI is InChI=1S/C9H14N4O5/c1-11-5-8(12(14)15)3-9(6-11,13(16)17)7(18-2)10-4-8/h3-6H2,1-2H3/t8-,9+/m1/s1. The van der Waals surface area contributed by atoms with Crippen molar-refractivity contribution in [3.63, 3.8) is 0 Å². The van der Waals surface area contributed by atoms with E-state index in [9.17, 15) is 20.2 Å². The predicted octanol–water partition coefficient (Wildman–Crippen LogP) is -0.589. The van der Waals surface area contributed by atoms with Crippen LogP contribution in [-0.4, -0.2) is 65.5 Å². The van der Waals surface area contributed by atoms with Crippen molar-refractivity contribution in [1.29, 1.82) is 0 Å². The van der Waals surface area contributed by atoms with Gasteiger partial charge in [0, 0.05) is 9.85 Å². The minimum atomic E-state index is -1.60. The van der Waals surface area contributed by atoms with Crippen LogP contribution in [0.2, 0.25) is 0 Å². The zero-order valence-corrected chi connectivity index (χ0v) is 10.2. The first-order valence-corrected chi connectivity index (χ1v) is 5.43. The van der Waals surface area contributed by atoms with Crippen molar-refractivity contribution < 1.29 is 14.6 Å². The van der Waals surface area contributed by atoms with Crippen LogP contribution in [0.15, 0.2) is 4.99 Å². The fourth-order valence-electron chi connectivity index (χ4n) is 2.91. The van der Waals surface area contributed by atoms with Gasteiger partial charge in [0.25, 0.3) is 11.4 Å². The van der Waals surface area contributed by atoms with Gasteiger partial charge in [-0.15, -0.1) is 0 Å². The minimum Gasteiger partial charge on any atom is -0.479 e. The molecule has 0 unspecified atom stereocenters. The van der Waals surface area contributed by atoms with Crippen LogP contribution >= 0.6 is 0 Å². The molecular formula is C9H14N4O5. The lowest BCUT2D eigenvalue weighted by atomic mass is 9.75. The van der Waals surface area contributed by atoms with Gasteiger partial charge in [-0.3, -0.25) is 25.1 Å². The molecule has 2 aliphatic heterocycles. The Bertz CT molecular complexity index is 439. The average molecular weight is 258 g/mol. The molecule has 9 heteroatoms. The van der Waals surface area contributed by atoms with E-state index in [0.717, 1.165) is 0 Å². The molecule has 1 saturated heterocycles. The van der Waals surface area contributed by atoms with Crippen LogP contribution in [0, 0.1) is 20.2 Å². The molecule has 0 spiro atoms. The largest absolute Gasteiger partial charge is 0.479 e. The monoisotopic (exact) mass is 258 g/mol. The third-order valence-corrected chi connectivity index (χ3v) is 3.56. The van der Waals surface area contributed by atoms with Crippen LogP contribution in [-0.2, 0) is 4.74 Å². The highest BCUT2D eigenvalue weighted by molar-refractivity contribution is 5.86. The van der Waals surface area contributed by atoms with Gasteiger partial charge < -0.3 is 4.74 Å². The van der Waals surface area contributed by atoms with Crippen molar-refractivity contribution in [2.75, 3.05) is 33.8 Å². The van der Waals surface area contributed by atoms with Gasteiger partial charge in [0.05, 0.1) is 20.2 Å². The highest BCUT2D eigenvalue weighted by Gasteiger charge is 2.67. The molecule has 100 valence electrons. The Kier molecular flexibility index (Phi) is 2.73. The van der Waals surface area contributed by atoms with Gasteiger partial charge >= 0.3 is 5.54 Å². The number of likely N-dealkylation sites (N-methyl/N-ethyl adjacent to an activating group) is 1. The molecule has 2 atom stereocenters. The van der Waals surface area contributed by atoms with Crippen LogP contribution in [0.4, 0.5) is 0 Å². The maximum Gasteiger partial charge on any atom is 0.314 e. The molecule has 0 aromatic heterocycles. The van der Waals surface area contributed by atoms with E-state index in [4.69, 9.17) is 4.74 Å². The number of rotatable bonds is 2. The van der Waals surface area contributed by atoms with E-state index in [1.165, 1.54) is 7.11 Å². The van der Waals surface area contributed by atoms with Crippen LogP contribution < -0.4 is 0 Å². The first-order chi connectivity index (χ1) is 8.36. The Balaban J connectivity index is 2.53. The van der Waals surface area contributed by atoms with E-state index in [0.29, 0.717) is 0 Å². The molecule has 2 heterocycles. The zero-order chi connectivity index (χ0) is 13.6. The van der Waals surface area contributed by atoms with Crippen LogP contribution in [0.25, 0.3) is 0 Å². The van der Waals surface area contributed by atoms with Gasteiger partial charge in [-0.05, 0) is 7.05 Å². The molecule has 1 fully saturated rings. The Hall–Kier alpha value is -1.77. The summed E-state index contributed by atoms with van der Waals surface area (Å²) in [5.74, 6) is -0.0171. The van der Waals surface area contributed by atoms with Crippen molar-refractivity contribution in [2.24, 2.45) is 4.99 Å². The summed E-state index contributed by atoms with van der Waals surface area (Å²) in [6.07, 6.45) is -0.170. The number of piperidine rings is 1. The second kappa shape index (κ2) is 3.87. The lowest BCUT2D eigenvalue weighted by Crippen LogP contribution is -2.70. The van der Waals surface area contributed by atoms with Crippen LogP contribution in [0.5, 0.6) is 0 Å². The van der Waals surface area contributed by atoms with Crippen molar-refractivity contribution in [3.8, 4) is 0 Å². The normalized spacial score (nSPS) is 35.8. The maximum absolute atomic E-state index is 11.4. The van der Waals surface area contributed by atoms with Gasteiger partial charge in [-0.2, -0.15) is 0 Å². The number of nitrogens with zero attached hydrogens (tertiary/aromatic N) is 4. The first kappa shape index (κ1) is 12.7. The SMILES string of the molecule is COC1=NC[C@@]2([N+](=O)[O-])CN(C)C[C@@]1([N+](=O)[O-])C2. The van der Waals surface area contributed by atoms with E-state index in [-0.39, 0.29) is 32.0 Å². The summed E-state index contributed by atoms with van der Waals surface area (Å²) >= 11 is 0. The number of hydrogen-bond acceptors (Lipinski definition) is 7. The summed E-state index contributed by atoms with van der Waals surface area (Å²) in [5.41, 5.74) is -2.99. The van der Waals surface area contributed by atoms with Gasteiger partial charge in [0.1, 0.15) is 13.0 Å². The summed E-state index contributed by atoms with van der Waals surface area (Å²) in [6, 6.07) is 0. The number of nitro groups is 2. The van der Waals surface area contributed by atoms with Crippen molar-refractivity contribution in [1.82, 2.24) is 4.90 Å². The molecule has 9 nitrogen and oxygen atoms in total. The Labute approximate surface area is 103 Å². The van der Waals surface area contributed by atoms with Gasteiger partial charge in [0.2, 0.25) is 0 Å². The molecule has 2 aliphatic rings. The lowest BCUT2D eigenvalue weighted by molar-refractivity contribution is -0.614. The fourth-order valence-corrected chi connectivity index (χ4v) is 2.91. The van der Waals surface area contributed by atoms with Crippen molar-refractivity contribution in [2.45, 2.75) is 17.5 Å². The Morgan fingerprint density at radius 2 is 2.00 bits per heavy atom. The zero-order valence-electron chi connectivity index (χ0n) is 10.2. The molecule has 0 aromatic carbocycles. The van der Waals surface area contributed by atoms with E-state index >= 15 is 0 Å². The average Bonchev–Trinajstić information content (AvgIpc) is 2.28. The second-order valence-corrected chi connectivity index (χ2v) is 4.94. The number of hydrogen-bond donors (Lipinski definition) is 0. The van der Waals surface area contributed by atoms with E-state index in [2.05, 4.69) is 4.99 Å². The minimum absolute atomic E-state index is 0.0171. The number of likely N-dealkylation sites (tertiary alicyclic amines) is 1. The summed E-state index contributed by atoms with van der Waals surface area (Å²) < 4.78 is 4.97. The maximum atomic E-state index is 11.4.